The molecule has 0 saturated carbocycles. The molecule has 0 N–H and O–H groups in total. The molecule has 0 amide bonds. The van der Waals surface area contributed by atoms with E-state index in [1.54, 1.807) is 0 Å². The molecule has 2 aliphatic rings. The lowest BCUT2D eigenvalue weighted by atomic mass is 9.82. The number of para-hydroxylation sites is 1. The molecule has 0 bridgehead atoms. The van der Waals surface area contributed by atoms with Crippen molar-refractivity contribution < 1.29 is 0 Å². The standard InChI is InChI=1S/C60H47N/c1-59(2)51-32-16-13-26-45(51)50-39-42(37-38-53(50)59)61(55-35-18-15-27-46(55)48-31-19-34-54-57(48)49-29-14-17-33-52(49)60(54,3)4)56-36-20-30-44(41-23-9-6-10-24-41)58(56)47-28-12-11-25-43(47)40-21-7-5-8-22-40/h5-39H,1-4H3. The van der Waals surface area contributed by atoms with Gasteiger partial charge in [0.05, 0.1) is 11.4 Å². The monoisotopic (exact) mass is 781 g/mol. The zero-order chi connectivity index (χ0) is 41.3. The van der Waals surface area contributed by atoms with Gasteiger partial charge in [0.15, 0.2) is 0 Å². The van der Waals surface area contributed by atoms with Gasteiger partial charge in [-0.2, -0.15) is 0 Å². The van der Waals surface area contributed by atoms with Crippen LogP contribution in [-0.4, -0.2) is 0 Å². The van der Waals surface area contributed by atoms with Crippen molar-refractivity contribution in [2.75, 3.05) is 4.90 Å². The minimum atomic E-state index is -0.116. The average molecular weight is 782 g/mol. The van der Waals surface area contributed by atoms with Crippen molar-refractivity contribution in [1.82, 2.24) is 0 Å². The largest absolute Gasteiger partial charge is 0.309 e. The van der Waals surface area contributed by atoms with Crippen molar-refractivity contribution in [3.63, 3.8) is 0 Å². The van der Waals surface area contributed by atoms with E-state index in [2.05, 4.69) is 245 Å². The van der Waals surface area contributed by atoms with E-state index in [4.69, 9.17) is 0 Å². The quantitative estimate of drug-likeness (QED) is 0.156. The second kappa shape index (κ2) is 14.2. The van der Waals surface area contributed by atoms with Gasteiger partial charge in [-0.15, -0.1) is 0 Å². The Bertz CT molecular complexity index is 3130. The van der Waals surface area contributed by atoms with Crippen LogP contribution < -0.4 is 4.90 Å². The summed E-state index contributed by atoms with van der Waals surface area (Å²) in [7, 11) is 0. The van der Waals surface area contributed by atoms with E-state index in [9.17, 15) is 0 Å². The molecule has 0 spiro atoms. The molecule has 1 nitrogen and oxygen atoms in total. The number of fused-ring (bicyclic) bond motifs is 6. The van der Waals surface area contributed by atoms with Crippen molar-refractivity contribution in [3.8, 4) is 66.8 Å². The SMILES string of the molecule is CC1(C)c2ccccc2-c2cc(N(c3ccccc3-c3cccc4c3-c3ccccc3C4(C)C)c3cccc(-c4ccccc4)c3-c3ccccc3-c3ccccc3)ccc21. The molecular formula is C60H47N. The minimum Gasteiger partial charge on any atom is -0.309 e. The molecule has 9 aromatic rings. The molecule has 11 rings (SSSR count). The lowest BCUT2D eigenvalue weighted by Crippen LogP contribution is -2.16. The zero-order valence-electron chi connectivity index (χ0n) is 35.2. The summed E-state index contributed by atoms with van der Waals surface area (Å²) in [6, 6.07) is 78.7. The molecule has 0 radical (unpaired) electrons. The molecule has 61 heavy (non-hydrogen) atoms. The summed E-state index contributed by atoms with van der Waals surface area (Å²) in [5.41, 5.74) is 23.5. The maximum Gasteiger partial charge on any atom is 0.0546 e. The lowest BCUT2D eigenvalue weighted by molar-refractivity contribution is 0.660. The van der Waals surface area contributed by atoms with Crippen molar-refractivity contribution in [1.29, 1.82) is 0 Å². The predicted octanol–water partition coefficient (Wildman–Crippen LogP) is 16.4. The molecule has 0 heterocycles. The number of hydrogen-bond acceptors (Lipinski definition) is 1. The van der Waals surface area contributed by atoms with Crippen LogP contribution >= 0.6 is 0 Å². The number of benzene rings is 9. The third kappa shape index (κ3) is 5.76. The van der Waals surface area contributed by atoms with Gasteiger partial charge in [0.2, 0.25) is 0 Å². The van der Waals surface area contributed by atoms with Crippen LogP contribution in [0.4, 0.5) is 17.1 Å². The summed E-state index contributed by atoms with van der Waals surface area (Å²) >= 11 is 0. The molecule has 1 heteroatoms. The number of hydrogen-bond donors (Lipinski definition) is 0. The molecular weight excluding hydrogens is 735 g/mol. The number of rotatable bonds is 7. The fourth-order valence-corrected chi connectivity index (χ4v) is 10.6. The van der Waals surface area contributed by atoms with Crippen LogP contribution in [0.2, 0.25) is 0 Å². The maximum absolute atomic E-state index is 2.55. The molecule has 0 saturated heterocycles. The van der Waals surface area contributed by atoms with Crippen LogP contribution in [0.3, 0.4) is 0 Å². The molecule has 0 aliphatic heterocycles. The van der Waals surface area contributed by atoms with Crippen LogP contribution in [0.15, 0.2) is 212 Å². The fraction of sp³-hybridized carbons (Fsp3) is 0.100. The summed E-state index contributed by atoms with van der Waals surface area (Å²) in [4.78, 5) is 2.55. The smallest absolute Gasteiger partial charge is 0.0546 e. The molecule has 2 aliphatic carbocycles. The van der Waals surface area contributed by atoms with E-state index in [0.29, 0.717) is 0 Å². The van der Waals surface area contributed by atoms with Gasteiger partial charge in [-0.3, -0.25) is 0 Å². The summed E-state index contributed by atoms with van der Waals surface area (Å²) in [5.74, 6) is 0. The van der Waals surface area contributed by atoms with Crippen LogP contribution in [0, 0.1) is 0 Å². The predicted molar refractivity (Wildman–Crippen MR) is 258 cm³/mol. The Morgan fingerprint density at radius 1 is 0.279 bits per heavy atom. The van der Waals surface area contributed by atoms with Crippen molar-refractivity contribution in [3.05, 3.63) is 235 Å². The normalized spacial score (nSPS) is 13.8. The number of anilines is 3. The zero-order valence-corrected chi connectivity index (χ0v) is 35.2. The van der Waals surface area contributed by atoms with Gasteiger partial charge in [-0.1, -0.05) is 216 Å². The van der Waals surface area contributed by atoms with E-state index in [0.717, 1.165) is 17.1 Å². The molecule has 292 valence electrons. The van der Waals surface area contributed by atoms with Gasteiger partial charge in [0, 0.05) is 27.6 Å². The third-order valence-corrected chi connectivity index (χ3v) is 13.5. The highest BCUT2D eigenvalue weighted by atomic mass is 15.1. The Morgan fingerprint density at radius 3 is 1.46 bits per heavy atom. The first-order valence-corrected chi connectivity index (χ1v) is 21.5. The maximum atomic E-state index is 2.55. The van der Waals surface area contributed by atoms with Gasteiger partial charge in [0.1, 0.15) is 0 Å². The molecule has 0 fully saturated rings. The second-order valence-corrected chi connectivity index (χ2v) is 17.6. The van der Waals surface area contributed by atoms with Crippen LogP contribution in [0.1, 0.15) is 49.9 Å². The summed E-state index contributed by atoms with van der Waals surface area (Å²) in [6.45, 7) is 9.47. The topological polar surface area (TPSA) is 3.24 Å². The van der Waals surface area contributed by atoms with E-state index in [1.165, 1.54) is 89.0 Å². The van der Waals surface area contributed by atoms with Crippen molar-refractivity contribution >= 4 is 17.1 Å². The van der Waals surface area contributed by atoms with Gasteiger partial charge in [-0.25, -0.2) is 0 Å². The Balaban J connectivity index is 1.24. The highest BCUT2D eigenvalue weighted by molar-refractivity contribution is 6.04. The number of nitrogens with zero attached hydrogens (tertiary/aromatic N) is 1. The molecule has 0 atom stereocenters. The van der Waals surface area contributed by atoms with E-state index in [-0.39, 0.29) is 10.8 Å². The summed E-state index contributed by atoms with van der Waals surface area (Å²) in [6.07, 6.45) is 0. The van der Waals surface area contributed by atoms with Gasteiger partial charge in [0.25, 0.3) is 0 Å². The van der Waals surface area contributed by atoms with Gasteiger partial charge < -0.3 is 4.90 Å². The van der Waals surface area contributed by atoms with Crippen molar-refractivity contribution in [2.24, 2.45) is 0 Å². The third-order valence-electron chi connectivity index (χ3n) is 13.5. The Hall–Kier alpha value is -7.22. The van der Waals surface area contributed by atoms with Crippen LogP contribution in [-0.2, 0) is 10.8 Å². The first-order chi connectivity index (χ1) is 29.8. The van der Waals surface area contributed by atoms with E-state index < -0.39 is 0 Å². The van der Waals surface area contributed by atoms with E-state index in [1.807, 2.05) is 0 Å². The van der Waals surface area contributed by atoms with Crippen LogP contribution in [0.5, 0.6) is 0 Å². The van der Waals surface area contributed by atoms with Gasteiger partial charge >= 0.3 is 0 Å². The summed E-state index contributed by atoms with van der Waals surface area (Å²) in [5, 5.41) is 0. The van der Waals surface area contributed by atoms with E-state index >= 15 is 0 Å². The second-order valence-electron chi connectivity index (χ2n) is 17.6. The molecule has 9 aromatic carbocycles. The minimum absolute atomic E-state index is 0.106. The molecule has 0 unspecified atom stereocenters. The lowest BCUT2D eigenvalue weighted by Gasteiger charge is -2.32. The Morgan fingerprint density at radius 2 is 0.738 bits per heavy atom. The molecule has 0 aromatic heterocycles. The van der Waals surface area contributed by atoms with Gasteiger partial charge in [-0.05, 0) is 102 Å². The highest BCUT2D eigenvalue weighted by Gasteiger charge is 2.38. The summed E-state index contributed by atoms with van der Waals surface area (Å²) < 4.78 is 0. The Labute approximate surface area is 360 Å². The average Bonchev–Trinajstić information content (AvgIpc) is 3.69. The fourth-order valence-electron chi connectivity index (χ4n) is 10.6. The highest BCUT2D eigenvalue weighted by Crippen LogP contribution is 2.56. The first kappa shape index (κ1) is 36.8. The first-order valence-electron chi connectivity index (χ1n) is 21.5. The Kier molecular flexibility index (Phi) is 8.58. The van der Waals surface area contributed by atoms with Crippen molar-refractivity contribution in [2.45, 2.75) is 38.5 Å². The van der Waals surface area contributed by atoms with Crippen LogP contribution in [0.25, 0.3) is 66.8 Å².